The lowest BCUT2D eigenvalue weighted by molar-refractivity contribution is 0.533. The molecule has 8 heteroatoms. The van der Waals surface area contributed by atoms with Gasteiger partial charge in [-0.2, -0.15) is 4.68 Å². The van der Waals surface area contributed by atoms with E-state index < -0.39 is 0 Å². The second-order valence-corrected chi connectivity index (χ2v) is 7.68. The van der Waals surface area contributed by atoms with Crippen LogP contribution in [0.1, 0.15) is 11.1 Å². The van der Waals surface area contributed by atoms with Gasteiger partial charge in [0.25, 0.3) is 0 Å². The Morgan fingerprint density at radius 1 is 1.00 bits per heavy atom. The lowest BCUT2D eigenvalue weighted by atomic mass is 10.2. The van der Waals surface area contributed by atoms with E-state index in [9.17, 15) is 4.79 Å². The quantitative estimate of drug-likeness (QED) is 0.453. The first-order valence-corrected chi connectivity index (χ1v) is 10.3. The van der Waals surface area contributed by atoms with Crippen LogP contribution in [0.15, 0.2) is 83.0 Å². The molecule has 4 rings (SSSR count). The minimum absolute atomic E-state index is 0.162. The summed E-state index contributed by atoms with van der Waals surface area (Å²) in [5.74, 6) is 0.731. The smallest absolute Gasteiger partial charge is 0.316 e. The first-order chi connectivity index (χ1) is 14.1. The number of thioether (sulfide) groups is 1. The Kier molecular flexibility index (Phi) is 5.69. The standard InChI is InChI=1S/C21H18ClN5OS/c1-15-8-2-5-11-18(15)23-19-20(28)27(26-12-6-7-13-26)21(25-24-19)29-14-16-9-3-4-10-17(16)22/h2-13H,14H2,1H3,(H,23,24). The molecular formula is C21H18ClN5OS. The number of halogens is 1. The van der Waals surface area contributed by atoms with E-state index in [0.717, 1.165) is 16.8 Å². The number of rotatable bonds is 6. The van der Waals surface area contributed by atoms with Crippen LogP contribution in [0, 0.1) is 6.92 Å². The molecule has 6 nitrogen and oxygen atoms in total. The van der Waals surface area contributed by atoms with Crippen molar-refractivity contribution in [2.45, 2.75) is 17.8 Å². The molecule has 0 aliphatic heterocycles. The van der Waals surface area contributed by atoms with Crippen molar-refractivity contribution < 1.29 is 0 Å². The number of hydrogen-bond donors (Lipinski definition) is 1. The molecule has 0 aliphatic carbocycles. The third-order valence-corrected chi connectivity index (χ3v) is 5.68. The number of aromatic nitrogens is 4. The SMILES string of the molecule is Cc1ccccc1Nc1nnc(SCc2ccccc2Cl)n(-n2cccc2)c1=O. The Morgan fingerprint density at radius 3 is 2.48 bits per heavy atom. The summed E-state index contributed by atoms with van der Waals surface area (Å²) in [6.07, 6.45) is 3.58. The zero-order valence-electron chi connectivity index (χ0n) is 15.6. The van der Waals surface area contributed by atoms with Crippen LogP contribution in [0.5, 0.6) is 0 Å². The van der Waals surface area contributed by atoms with E-state index in [0.29, 0.717) is 15.9 Å². The van der Waals surface area contributed by atoms with Gasteiger partial charge < -0.3 is 5.32 Å². The maximum atomic E-state index is 13.2. The molecule has 0 bridgehead atoms. The van der Waals surface area contributed by atoms with E-state index in [1.54, 1.807) is 17.1 Å². The maximum absolute atomic E-state index is 13.2. The molecular weight excluding hydrogens is 406 g/mol. The lowest BCUT2D eigenvalue weighted by Crippen LogP contribution is -2.30. The Labute approximate surface area is 177 Å². The molecule has 2 heterocycles. The van der Waals surface area contributed by atoms with Crippen LogP contribution < -0.4 is 10.9 Å². The van der Waals surface area contributed by atoms with Gasteiger partial charge in [-0.1, -0.05) is 59.8 Å². The van der Waals surface area contributed by atoms with E-state index >= 15 is 0 Å². The molecule has 4 aromatic rings. The number of aryl methyl sites for hydroxylation is 1. The number of benzene rings is 2. The molecule has 1 N–H and O–H groups in total. The first kappa shape index (κ1) is 19.3. The summed E-state index contributed by atoms with van der Waals surface area (Å²) < 4.78 is 3.18. The second kappa shape index (κ2) is 8.55. The van der Waals surface area contributed by atoms with Gasteiger partial charge in [-0.05, 0) is 42.3 Å². The second-order valence-electron chi connectivity index (χ2n) is 6.33. The van der Waals surface area contributed by atoms with Crippen molar-refractivity contribution in [1.29, 1.82) is 0 Å². The monoisotopic (exact) mass is 423 g/mol. The van der Waals surface area contributed by atoms with Crippen LogP contribution in [-0.2, 0) is 5.75 Å². The molecule has 0 amide bonds. The van der Waals surface area contributed by atoms with Gasteiger partial charge in [-0.3, -0.25) is 9.47 Å². The Bertz CT molecular complexity index is 1190. The molecule has 2 aromatic carbocycles. The minimum Gasteiger partial charge on any atom is -0.334 e. The van der Waals surface area contributed by atoms with Gasteiger partial charge in [0.05, 0.1) is 0 Å². The fourth-order valence-electron chi connectivity index (χ4n) is 2.79. The zero-order chi connectivity index (χ0) is 20.2. The summed E-state index contributed by atoms with van der Waals surface area (Å²) in [5.41, 5.74) is 2.50. The minimum atomic E-state index is -0.291. The van der Waals surface area contributed by atoms with E-state index in [1.165, 1.54) is 16.4 Å². The Hall–Kier alpha value is -3.03. The lowest BCUT2D eigenvalue weighted by Gasteiger charge is -2.14. The molecule has 0 radical (unpaired) electrons. The van der Waals surface area contributed by atoms with Crippen LogP contribution >= 0.6 is 23.4 Å². The van der Waals surface area contributed by atoms with Crippen LogP contribution in [0.4, 0.5) is 11.5 Å². The van der Waals surface area contributed by atoms with Crippen molar-refractivity contribution in [3.63, 3.8) is 0 Å². The van der Waals surface area contributed by atoms with Crippen molar-refractivity contribution >= 4 is 34.9 Å². The van der Waals surface area contributed by atoms with Gasteiger partial charge in [-0.15, -0.1) is 10.2 Å². The first-order valence-electron chi connectivity index (χ1n) is 8.95. The van der Waals surface area contributed by atoms with Crippen LogP contribution in [0.3, 0.4) is 0 Å². The van der Waals surface area contributed by atoms with Crippen LogP contribution in [0.2, 0.25) is 5.02 Å². The number of hydrogen-bond acceptors (Lipinski definition) is 5. The third kappa shape index (κ3) is 4.21. The maximum Gasteiger partial charge on any atom is 0.316 e. The predicted octanol–water partition coefficient (Wildman–Crippen LogP) is 4.75. The summed E-state index contributed by atoms with van der Waals surface area (Å²) in [5, 5.41) is 12.7. The fraction of sp³-hybridized carbons (Fsp3) is 0.0952. The molecule has 0 saturated carbocycles. The summed E-state index contributed by atoms with van der Waals surface area (Å²) in [4.78, 5) is 13.2. The van der Waals surface area contributed by atoms with Gasteiger partial charge in [0.15, 0.2) is 0 Å². The normalized spacial score (nSPS) is 10.8. The van der Waals surface area contributed by atoms with Crippen LogP contribution in [-0.4, -0.2) is 19.5 Å². The molecule has 0 saturated heterocycles. The van der Waals surface area contributed by atoms with Gasteiger partial charge in [-0.25, -0.2) is 0 Å². The fourth-order valence-corrected chi connectivity index (χ4v) is 4.01. The summed E-state index contributed by atoms with van der Waals surface area (Å²) in [6.45, 7) is 1.97. The number of para-hydroxylation sites is 1. The van der Waals surface area contributed by atoms with E-state index in [4.69, 9.17) is 11.6 Å². The Balaban J connectivity index is 1.71. The van der Waals surface area contributed by atoms with Gasteiger partial charge >= 0.3 is 5.56 Å². The van der Waals surface area contributed by atoms with Crippen molar-refractivity contribution in [1.82, 2.24) is 19.5 Å². The van der Waals surface area contributed by atoms with Crippen LogP contribution in [0.25, 0.3) is 0 Å². The van der Waals surface area contributed by atoms with E-state index in [-0.39, 0.29) is 11.4 Å². The summed E-state index contributed by atoms with van der Waals surface area (Å²) >= 11 is 7.66. The summed E-state index contributed by atoms with van der Waals surface area (Å²) in [7, 11) is 0. The zero-order valence-corrected chi connectivity index (χ0v) is 17.2. The third-order valence-electron chi connectivity index (χ3n) is 4.34. The average molecular weight is 424 g/mol. The van der Waals surface area contributed by atoms with Crippen molar-refractivity contribution in [3.05, 3.63) is 99.6 Å². The highest BCUT2D eigenvalue weighted by Crippen LogP contribution is 2.25. The molecule has 0 fully saturated rings. The molecule has 0 atom stereocenters. The molecule has 0 spiro atoms. The van der Waals surface area contributed by atoms with E-state index in [2.05, 4.69) is 15.5 Å². The molecule has 0 aliphatic rings. The van der Waals surface area contributed by atoms with E-state index in [1.807, 2.05) is 67.6 Å². The topological polar surface area (TPSA) is 64.7 Å². The molecule has 2 aromatic heterocycles. The Morgan fingerprint density at radius 2 is 1.72 bits per heavy atom. The highest BCUT2D eigenvalue weighted by atomic mass is 35.5. The average Bonchev–Trinajstić information content (AvgIpc) is 3.25. The van der Waals surface area contributed by atoms with Gasteiger partial charge in [0.2, 0.25) is 11.0 Å². The van der Waals surface area contributed by atoms with Crippen molar-refractivity contribution in [3.8, 4) is 0 Å². The highest BCUT2D eigenvalue weighted by molar-refractivity contribution is 7.98. The molecule has 0 unspecified atom stereocenters. The van der Waals surface area contributed by atoms with Crippen molar-refractivity contribution in [2.75, 3.05) is 5.32 Å². The number of nitrogens with one attached hydrogen (secondary N) is 1. The van der Waals surface area contributed by atoms with Gasteiger partial charge in [0.1, 0.15) is 0 Å². The highest BCUT2D eigenvalue weighted by Gasteiger charge is 2.15. The summed E-state index contributed by atoms with van der Waals surface area (Å²) in [6, 6.07) is 19.0. The number of anilines is 2. The number of nitrogens with zero attached hydrogens (tertiary/aromatic N) is 4. The largest absolute Gasteiger partial charge is 0.334 e. The molecule has 29 heavy (non-hydrogen) atoms. The van der Waals surface area contributed by atoms with Gasteiger partial charge in [0, 0.05) is 28.9 Å². The predicted molar refractivity (Wildman–Crippen MR) is 117 cm³/mol. The molecule has 146 valence electrons. The van der Waals surface area contributed by atoms with Crippen molar-refractivity contribution in [2.24, 2.45) is 0 Å².